The fourth-order valence-electron chi connectivity index (χ4n) is 5.23. The molecule has 4 unspecified atom stereocenters. The van der Waals surface area contributed by atoms with Crippen LogP contribution in [0.2, 0.25) is 5.02 Å². The zero-order valence-corrected chi connectivity index (χ0v) is 16.5. The number of hydrogen-bond acceptors (Lipinski definition) is 2. The SMILES string of the molecule is CC1C2C(C3=NS(=O)(=O)CC3)=CC(c3ccccc32)C1c1cccc(Cl)c1. The summed E-state index contributed by atoms with van der Waals surface area (Å²) in [6.07, 6.45) is 2.80. The number of fused-ring (bicyclic) bond motifs is 1. The summed E-state index contributed by atoms with van der Waals surface area (Å²) in [6, 6.07) is 16.7. The molecule has 3 aliphatic carbocycles. The molecule has 0 saturated heterocycles. The largest absolute Gasteiger partial charge is 0.253 e. The highest BCUT2D eigenvalue weighted by molar-refractivity contribution is 7.90. The molecule has 5 heteroatoms. The molecule has 4 atom stereocenters. The number of rotatable bonds is 2. The van der Waals surface area contributed by atoms with Gasteiger partial charge in [-0.15, -0.1) is 0 Å². The first-order valence-electron chi connectivity index (χ1n) is 9.32. The summed E-state index contributed by atoms with van der Waals surface area (Å²) in [6.45, 7) is 2.27. The standard InChI is InChI=1S/C22H20ClNO2S/c1-13-21(14-5-4-6-15(23)11-14)18-12-19(20-9-10-27(25,26)24-20)22(13)17-8-3-2-7-16(17)18/h2-8,11-13,18,21-22H,9-10H2,1H3. The minimum absolute atomic E-state index is 0.130. The number of sulfonamides is 1. The zero-order valence-electron chi connectivity index (χ0n) is 15.0. The van der Waals surface area contributed by atoms with E-state index in [0.29, 0.717) is 18.3 Å². The molecule has 138 valence electrons. The molecule has 0 fully saturated rings. The molecule has 4 aliphatic rings. The summed E-state index contributed by atoms with van der Waals surface area (Å²) in [4.78, 5) is 0. The quantitative estimate of drug-likeness (QED) is 0.711. The van der Waals surface area contributed by atoms with Crippen molar-refractivity contribution in [3.05, 3.63) is 81.9 Å². The topological polar surface area (TPSA) is 46.5 Å². The molecule has 0 amide bonds. The Morgan fingerprint density at radius 1 is 1.07 bits per heavy atom. The number of hydrogen-bond donors (Lipinski definition) is 0. The van der Waals surface area contributed by atoms with Crippen molar-refractivity contribution in [1.29, 1.82) is 0 Å². The van der Waals surface area contributed by atoms with E-state index < -0.39 is 10.0 Å². The summed E-state index contributed by atoms with van der Waals surface area (Å²) in [5.74, 6) is 1.17. The van der Waals surface area contributed by atoms with Gasteiger partial charge in [0, 0.05) is 23.3 Å². The van der Waals surface area contributed by atoms with Crippen molar-refractivity contribution in [3.8, 4) is 0 Å². The smallest absolute Gasteiger partial charge is 0.205 e. The lowest BCUT2D eigenvalue weighted by Gasteiger charge is -2.48. The van der Waals surface area contributed by atoms with Gasteiger partial charge in [-0.1, -0.05) is 61.0 Å². The number of nitrogens with zero attached hydrogens (tertiary/aromatic N) is 1. The van der Waals surface area contributed by atoms with E-state index in [2.05, 4.69) is 53.8 Å². The van der Waals surface area contributed by atoms with Gasteiger partial charge in [0.1, 0.15) is 0 Å². The van der Waals surface area contributed by atoms with Crippen molar-refractivity contribution in [1.82, 2.24) is 0 Å². The van der Waals surface area contributed by atoms with Gasteiger partial charge < -0.3 is 0 Å². The van der Waals surface area contributed by atoms with Crippen molar-refractivity contribution in [2.24, 2.45) is 10.3 Å². The summed E-state index contributed by atoms with van der Waals surface area (Å²) >= 11 is 6.28. The van der Waals surface area contributed by atoms with E-state index in [9.17, 15) is 8.42 Å². The molecule has 0 N–H and O–H groups in total. The lowest BCUT2D eigenvalue weighted by Crippen LogP contribution is -2.36. The highest BCUT2D eigenvalue weighted by atomic mass is 35.5. The second kappa shape index (κ2) is 6.05. The molecule has 2 bridgehead atoms. The van der Waals surface area contributed by atoms with E-state index in [0.717, 1.165) is 16.3 Å². The molecular weight excluding hydrogens is 378 g/mol. The third-order valence-corrected chi connectivity index (χ3v) is 7.73. The maximum absolute atomic E-state index is 11.9. The number of allylic oxidation sites excluding steroid dienone is 2. The van der Waals surface area contributed by atoms with E-state index in [1.807, 2.05) is 12.1 Å². The Hall–Kier alpha value is -1.91. The normalized spacial score (nSPS) is 30.6. The van der Waals surface area contributed by atoms with Crippen LogP contribution in [0.4, 0.5) is 0 Å². The molecule has 1 aliphatic heterocycles. The average molecular weight is 398 g/mol. The van der Waals surface area contributed by atoms with Crippen molar-refractivity contribution < 1.29 is 8.42 Å². The maximum Gasteiger partial charge on any atom is 0.253 e. The molecule has 1 heterocycles. The third-order valence-electron chi connectivity index (χ3n) is 6.28. The van der Waals surface area contributed by atoms with Gasteiger partial charge >= 0.3 is 0 Å². The van der Waals surface area contributed by atoms with Crippen molar-refractivity contribution in [3.63, 3.8) is 0 Å². The van der Waals surface area contributed by atoms with Gasteiger partial charge in [0.05, 0.1) is 11.5 Å². The van der Waals surface area contributed by atoms with E-state index >= 15 is 0 Å². The Morgan fingerprint density at radius 3 is 2.56 bits per heavy atom. The van der Waals surface area contributed by atoms with Crippen LogP contribution in [-0.4, -0.2) is 19.9 Å². The van der Waals surface area contributed by atoms with Gasteiger partial charge in [-0.25, -0.2) is 8.42 Å². The van der Waals surface area contributed by atoms with Gasteiger partial charge in [-0.2, -0.15) is 4.40 Å². The first-order chi connectivity index (χ1) is 12.9. The van der Waals surface area contributed by atoms with Crippen LogP contribution >= 0.6 is 11.6 Å². The summed E-state index contributed by atoms with van der Waals surface area (Å²) in [5.41, 5.74) is 5.78. The molecule has 6 rings (SSSR count). The third kappa shape index (κ3) is 2.69. The highest BCUT2D eigenvalue weighted by Crippen LogP contribution is 2.59. The Bertz CT molecular complexity index is 1100. The Balaban J connectivity index is 1.69. The predicted octanol–water partition coefficient (Wildman–Crippen LogP) is 5.06. The predicted molar refractivity (Wildman–Crippen MR) is 109 cm³/mol. The zero-order chi connectivity index (χ0) is 18.8. The molecule has 2 aromatic carbocycles. The second-order valence-electron chi connectivity index (χ2n) is 7.77. The highest BCUT2D eigenvalue weighted by Gasteiger charge is 2.47. The van der Waals surface area contributed by atoms with Crippen LogP contribution in [0.1, 0.15) is 47.8 Å². The Kier molecular flexibility index (Phi) is 3.85. The average Bonchev–Trinajstić information content (AvgIpc) is 3.01. The van der Waals surface area contributed by atoms with Crippen LogP contribution in [0.5, 0.6) is 0 Å². The lowest BCUT2D eigenvalue weighted by atomic mass is 9.55. The van der Waals surface area contributed by atoms with Gasteiger partial charge in [0.25, 0.3) is 10.0 Å². The molecular formula is C22H20ClNO2S. The minimum atomic E-state index is -3.30. The Morgan fingerprint density at radius 2 is 1.85 bits per heavy atom. The van der Waals surface area contributed by atoms with Crippen LogP contribution < -0.4 is 0 Å². The number of benzene rings is 2. The van der Waals surface area contributed by atoms with E-state index in [-0.39, 0.29) is 17.6 Å². The lowest BCUT2D eigenvalue weighted by molar-refractivity contribution is 0.339. The van der Waals surface area contributed by atoms with Gasteiger partial charge in [-0.05, 0) is 46.2 Å². The van der Waals surface area contributed by atoms with Crippen LogP contribution in [0.3, 0.4) is 0 Å². The van der Waals surface area contributed by atoms with Gasteiger partial charge in [0.15, 0.2) is 0 Å². The van der Waals surface area contributed by atoms with Crippen LogP contribution in [0.25, 0.3) is 0 Å². The van der Waals surface area contributed by atoms with E-state index in [1.165, 1.54) is 16.7 Å². The van der Waals surface area contributed by atoms with Crippen molar-refractivity contribution >= 4 is 27.3 Å². The molecule has 0 spiro atoms. The summed E-state index contributed by atoms with van der Waals surface area (Å²) in [5, 5.41) is 0.755. The molecule has 2 aromatic rings. The summed E-state index contributed by atoms with van der Waals surface area (Å²) in [7, 11) is -3.30. The maximum atomic E-state index is 11.9. The molecule has 0 aromatic heterocycles. The first-order valence-corrected chi connectivity index (χ1v) is 11.3. The second-order valence-corrected chi connectivity index (χ2v) is 9.96. The van der Waals surface area contributed by atoms with Crippen LogP contribution in [0, 0.1) is 5.92 Å². The monoisotopic (exact) mass is 397 g/mol. The van der Waals surface area contributed by atoms with Crippen molar-refractivity contribution in [2.75, 3.05) is 5.75 Å². The van der Waals surface area contributed by atoms with E-state index in [1.54, 1.807) is 0 Å². The van der Waals surface area contributed by atoms with Crippen LogP contribution in [-0.2, 0) is 10.0 Å². The minimum Gasteiger partial charge on any atom is -0.205 e. The van der Waals surface area contributed by atoms with E-state index in [4.69, 9.17) is 11.6 Å². The van der Waals surface area contributed by atoms with Gasteiger partial charge in [-0.3, -0.25) is 0 Å². The van der Waals surface area contributed by atoms with Crippen molar-refractivity contribution in [2.45, 2.75) is 31.1 Å². The molecule has 27 heavy (non-hydrogen) atoms. The molecule has 0 radical (unpaired) electrons. The fraction of sp³-hybridized carbons (Fsp3) is 0.318. The summed E-state index contributed by atoms with van der Waals surface area (Å²) < 4.78 is 27.9. The molecule has 0 saturated carbocycles. The fourth-order valence-corrected chi connectivity index (χ4v) is 6.51. The molecule has 3 nitrogen and oxygen atoms in total. The first kappa shape index (κ1) is 17.2. The number of halogens is 1. The van der Waals surface area contributed by atoms with Gasteiger partial charge in [0.2, 0.25) is 0 Å². The Labute approximate surface area is 164 Å². The van der Waals surface area contributed by atoms with Crippen LogP contribution in [0.15, 0.2) is 64.6 Å².